The number of fused-ring (bicyclic) bond motifs is 2. The lowest BCUT2D eigenvalue weighted by Gasteiger charge is -2.44. The quantitative estimate of drug-likeness (QED) is 0.319. The Bertz CT molecular complexity index is 1440. The number of benzene rings is 1. The largest absolute Gasteiger partial charge is 0.511 e. The first-order chi connectivity index (χ1) is 20.7. The monoisotopic (exact) mass is 642 g/mol. The fourth-order valence-electron chi connectivity index (χ4n) is 5.14. The van der Waals surface area contributed by atoms with Gasteiger partial charge in [-0.25, -0.2) is 13.6 Å². The van der Waals surface area contributed by atoms with Crippen LogP contribution in [0.15, 0.2) is 29.2 Å². The summed E-state index contributed by atoms with van der Waals surface area (Å²) in [7, 11) is 0. The average Bonchev–Trinajstić information content (AvgIpc) is 2.98. The molecule has 16 heteroatoms. The first kappa shape index (κ1) is 33.1. The highest BCUT2D eigenvalue weighted by molar-refractivity contribution is 5.99. The molecule has 44 heavy (non-hydrogen) atoms. The highest BCUT2D eigenvalue weighted by Gasteiger charge is 2.41. The first-order valence-electron chi connectivity index (χ1n) is 13.9. The summed E-state index contributed by atoms with van der Waals surface area (Å²) in [5.74, 6) is -3.57. The third-order valence-electron chi connectivity index (χ3n) is 7.47. The van der Waals surface area contributed by atoms with E-state index in [1.807, 2.05) is 6.92 Å². The predicted molar refractivity (Wildman–Crippen MR) is 151 cm³/mol. The van der Waals surface area contributed by atoms with Crippen LogP contribution in [0.1, 0.15) is 39.8 Å². The van der Waals surface area contributed by atoms with E-state index in [1.54, 1.807) is 0 Å². The Kier molecular flexibility index (Phi) is 11.1. The van der Waals surface area contributed by atoms with Crippen molar-refractivity contribution in [3.05, 3.63) is 63.1 Å². The van der Waals surface area contributed by atoms with Crippen molar-refractivity contribution in [1.29, 1.82) is 0 Å². The number of pyridine rings is 1. The van der Waals surface area contributed by atoms with Crippen LogP contribution >= 0.6 is 12.4 Å². The average molecular weight is 643 g/mol. The van der Waals surface area contributed by atoms with E-state index in [-0.39, 0.29) is 49.4 Å². The Labute approximate surface area is 257 Å². The van der Waals surface area contributed by atoms with Crippen LogP contribution in [0.5, 0.6) is 5.75 Å². The highest BCUT2D eigenvalue weighted by Crippen LogP contribution is 2.30. The number of nitrogens with zero attached hydrogens (tertiary/aromatic N) is 3. The van der Waals surface area contributed by atoms with E-state index in [2.05, 4.69) is 10.2 Å². The summed E-state index contributed by atoms with van der Waals surface area (Å²) in [6.45, 7) is 4.45. The second-order valence-electron chi connectivity index (χ2n) is 10.3. The maximum absolute atomic E-state index is 14.1. The van der Waals surface area contributed by atoms with Crippen LogP contribution in [-0.4, -0.2) is 97.5 Å². The summed E-state index contributed by atoms with van der Waals surface area (Å²) in [6, 6.07) is 2.71. The number of halogens is 3. The van der Waals surface area contributed by atoms with Gasteiger partial charge in [0.05, 0.1) is 26.4 Å². The molecular weight excluding hydrogens is 610 g/mol. The zero-order valence-electron chi connectivity index (χ0n) is 23.9. The number of nitrogens with one attached hydrogen (secondary N) is 1. The predicted octanol–water partition coefficient (Wildman–Crippen LogP) is 1.89. The second kappa shape index (κ2) is 14.8. The number of carbonyl (C=O) groups excluding carboxylic acids is 3. The summed E-state index contributed by atoms with van der Waals surface area (Å²) < 4.78 is 55.3. The van der Waals surface area contributed by atoms with Crippen molar-refractivity contribution in [3.8, 4) is 5.75 Å². The minimum Gasteiger partial charge on any atom is -0.451 e. The summed E-state index contributed by atoms with van der Waals surface area (Å²) >= 11 is 0. The summed E-state index contributed by atoms with van der Waals surface area (Å²) in [5, 5.41) is 2.44. The van der Waals surface area contributed by atoms with Gasteiger partial charge < -0.3 is 38.5 Å². The summed E-state index contributed by atoms with van der Waals surface area (Å²) in [4.78, 5) is 55.8. The van der Waals surface area contributed by atoms with E-state index in [0.29, 0.717) is 38.9 Å². The van der Waals surface area contributed by atoms with E-state index in [1.165, 1.54) is 21.7 Å². The number of morpholine rings is 1. The number of rotatable bonds is 9. The molecule has 4 heterocycles. The Morgan fingerprint density at radius 1 is 1.11 bits per heavy atom. The van der Waals surface area contributed by atoms with Crippen LogP contribution in [0.4, 0.5) is 13.6 Å². The van der Waals surface area contributed by atoms with E-state index in [9.17, 15) is 28.0 Å². The standard InChI is InChI=1S/C28H32F2N4O9.ClH/c1-17-4-8-40-22-15-33-14-20(26(36)31-13-18-2-3-19(29)12-21(18)30)24(35)25(23(33)27(37)34(17)22)42-16-43-28(38)41-11-7-32-5-9-39-10-6-32;/h2-3,12,14,17,22H,4-11,13,15-16H2,1H3,(H,31,36);1H/t17-,22+;/m1./s1. The van der Waals surface area contributed by atoms with Crippen LogP contribution in [-0.2, 0) is 32.0 Å². The molecule has 2 atom stereocenters. The zero-order valence-corrected chi connectivity index (χ0v) is 24.7. The van der Waals surface area contributed by atoms with Crippen LogP contribution in [0.3, 0.4) is 0 Å². The van der Waals surface area contributed by atoms with Crippen molar-refractivity contribution in [2.45, 2.75) is 38.7 Å². The third kappa shape index (κ3) is 7.46. The van der Waals surface area contributed by atoms with Crippen molar-refractivity contribution in [3.63, 3.8) is 0 Å². The molecule has 0 bridgehead atoms. The van der Waals surface area contributed by atoms with Gasteiger partial charge in [-0.15, -0.1) is 12.4 Å². The van der Waals surface area contributed by atoms with Gasteiger partial charge in [-0.2, -0.15) is 0 Å². The Hall–Kier alpha value is -3.79. The molecule has 0 unspecified atom stereocenters. The molecule has 3 aliphatic heterocycles. The van der Waals surface area contributed by atoms with Gasteiger partial charge in [-0.1, -0.05) is 6.07 Å². The van der Waals surface area contributed by atoms with Crippen LogP contribution in [0.25, 0.3) is 0 Å². The van der Waals surface area contributed by atoms with Gasteiger partial charge in [-0.05, 0) is 19.4 Å². The van der Waals surface area contributed by atoms with E-state index in [0.717, 1.165) is 19.2 Å². The fourth-order valence-corrected chi connectivity index (χ4v) is 5.14. The molecule has 1 aromatic carbocycles. The summed E-state index contributed by atoms with van der Waals surface area (Å²) in [5.41, 5.74) is -1.48. The van der Waals surface area contributed by atoms with Crippen LogP contribution < -0.4 is 15.5 Å². The van der Waals surface area contributed by atoms with Gasteiger partial charge in [0.1, 0.15) is 23.8 Å². The Balaban J connectivity index is 0.00000442. The van der Waals surface area contributed by atoms with Gasteiger partial charge >= 0.3 is 6.16 Å². The van der Waals surface area contributed by atoms with Crippen molar-refractivity contribution < 1.29 is 46.8 Å². The van der Waals surface area contributed by atoms with E-state index in [4.69, 9.17) is 23.7 Å². The number of aromatic nitrogens is 1. The van der Waals surface area contributed by atoms with Crippen molar-refractivity contribution in [1.82, 2.24) is 19.7 Å². The molecule has 0 spiro atoms. The van der Waals surface area contributed by atoms with Gasteiger partial charge in [-0.3, -0.25) is 19.3 Å². The molecule has 2 aromatic rings. The smallest absolute Gasteiger partial charge is 0.451 e. The van der Waals surface area contributed by atoms with E-state index < -0.39 is 59.4 Å². The number of hydrogen-bond acceptors (Lipinski definition) is 10. The molecule has 2 saturated heterocycles. The van der Waals surface area contributed by atoms with Crippen molar-refractivity contribution >= 4 is 30.4 Å². The van der Waals surface area contributed by atoms with Gasteiger partial charge in [0.25, 0.3) is 11.8 Å². The normalized spacial score (nSPS) is 19.7. The highest BCUT2D eigenvalue weighted by atomic mass is 35.5. The minimum atomic E-state index is -1.04. The number of hydrogen-bond donors (Lipinski definition) is 1. The van der Waals surface area contributed by atoms with Crippen molar-refractivity contribution in [2.75, 3.05) is 52.9 Å². The molecule has 0 radical (unpaired) electrons. The fraction of sp³-hybridized carbons (Fsp3) is 0.500. The maximum Gasteiger partial charge on any atom is 0.511 e. The van der Waals surface area contributed by atoms with Crippen molar-refractivity contribution in [2.24, 2.45) is 0 Å². The molecule has 240 valence electrons. The number of carbonyl (C=O) groups is 3. The first-order valence-corrected chi connectivity index (χ1v) is 13.9. The topological polar surface area (TPSA) is 138 Å². The molecule has 0 saturated carbocycles. The van der Waals surface area contributed by atoms with Crippen LogP contribution in [0, 0.1) is 11.6 Å². The van der Waals surface area contributed by atoms with Gasteiger partial charge in [0.15, 0.2) is 11.9 Å². The molecule has 13 nitrogen and oxygen atoms in total. The molecule has 2 fully saturated rings. The molecule has 2 amide bonds. The van der Waals surface area contributed by atoms with Gasteiger partial charge in [0.2, 0.25) is 18.0 Å². The minimum absolute atomic E-state index is 0. The lowest BCUT2D eigenvalue weighted by atomic mass is 10.1. The molecule has 3 aliphatic rings. The lowest BCUT2D eigenvalue weighted by molar-refractivity contribution is -0.112. The maximum atomic E-state index is 14.1. The number of amides is 2. The second-order valence-corrected chi connectivity index (χ2v) is 10.3. The third-order valence-corrected chi connectivity index (χ3v) is 7.47. The zero-order chi connectivity index (χ0) is 30.5. The Morgan fingerprint density at radius 2 is 1.89 bits per heavy atom. The van der Waals surface area contributed by atoms with Crippen LogP contribution in [0.2, 0.25) is 0 Å². The Morgan fingerprint density at radius 3 is 2.64 bits per heavy atom. The molecule has 0 aliphatic carbocycles. The van der Waals surface area contributed by atoms with E-state index >= 15 is 0 Å². The molecule has 1 aromatic heterocycles. The SMILES string of the molecule is C[C@@H]1CCO[C@H]2Cn3cc(C(=O)NCc4ccc(F)cc4F)c(=O)c(OCOC(=O)OCCN4CCOCC4)c3C(=O)N12.Cl. The molecular formula is C28H33ClF2N4O9. The number of ether oxygens (including phenoxy) is 5. The van der Waals surface area contributed by atoms with Gasteiger partial charge in [0, 0.05) is 50.0 Å². The molecule has 1 N–H and O–H groups in total. The lowest BCUT2D eigenvalue weighted by Crippen LogP contribution is -2.57. The summed E-state index contributed by atoms with van der Waals surface area (Å²) in [6.07, 6.45) is 0.116. The molecule has 5 rings (SSSR count).